The summed E-state index contributed by atoms with van der Waals surface area (Å²) in [6.07, 6.45) is 5.95. The lowest BCUT2D eigenvalue weighted by molar-refractivity contribution is 0.0923. The van der Waals surface area contributed by atoms with E-state index in [-0.39, 0.29) is 11.9 Å². The van der Waals surface area contributed by atoms with Crippen LogP contribution in [0.2, 0.25) is 0 Å². The van der Waals surface area contributed by atoms with E-state index >= 15 is 0 Å². The van der Waals surface area contributed by atoms with Gasteiger partial charge in [-0.05, 0) is 37.7 Å². The zero-order chi connectivity index (χ0) is 20.3. The second kappa shape index (κ2) is 8.45. The average molecular weight is 387 g/mol. The SMILES string of the molecule is CNc1nc(N(C)Cc2nncn2C)c(C(=O)NC2CCC(C)CC2)cc1N. The van der Waals surface area contributed by atoms with Crippen molar-refractivity contribution in [3.8, 4) is 0 Å². The van der Waals surface area contributed by atoms with E-state index in [0.29, 0.717) is 29.4 Å². The molecule has 0 aliphatic heterocycles. The van der Waals surface area contributed by atoms with Crippen molar-refractivity contribution >= 4 is 23.2 Å². The number of anilines is 3. The summed E-state index contributed by atoms with van der Waals surface area (Å²) < 4.78 is 1.84. The number of hydrogen-bond donors (Lipinski definition) is 3. The highest BCUT2D eigenvalue weighted by Crippen LogP contribution is 2.28. The largest absolute Gasteiger partial charge is 0.396 e. The predicted octanol–water partition coefficient (Wildman–Crippen LogP) is 1.78. The fraction of sp³-hybridized carbons (Fsp3) is 0.579. The second-order valence-corrected chi connectivity index (χ2v) is 7.69. The van der Waals surface area contributed by atoms with Crippen LogP contribution in [0.5, 0.6) is 0 Å². The van der Waals surface area contributed by atoms with Crippen LogP contribution in [0, 0.1) is 5.92 Å². The maximum absolute atomic E-state index is 13.1. The third-order valence-corrected chi connectivity index (χ3v) is 5.41. The molecule has 2 heterocycles. The van der Waals surface area contributed by atoms with Gasteiger partial charge in [0.15, 0.2) is 11.6 Å². The Morgan fingerprint density at radius 1 is 1.36 bits per heavy atom. The van der Waals surface area contributed by atoms with Crippen molar-refractivity contribution in [1.82, 2.24) is 25.1 Å². The molecule has 1 saturated carbocycles. The van der Waals surface area contributed by atoms with Crippen molar-refractivity contribution in [1.29, 1.82) is 0 Å². The van der Waals surface area contributed by atoms with Crippen LogP contribution in [-0.4, -0.2) is 45.8 Å². The van der Waals surface area contributed by atoms with Crippen LogP contribution in [0.15, 0.2) is 12.4 Å². The Balaban J connectivity index is 1.85. The number of hydrogen-bond acceptors (Lipinski definition) is 7. The summed E-state index contributed by atoms with van der Waals surface area (Å²) in [6, 6.07) is 1.90. The predicted molar refractivity (Wildman–Crippen MR) is 110 cm³/mol. The first-order valence-electron chi connectivity index (χ1n) is 9.72. The number of nitrogens with two attached hydrogens (primary N) is 1. The van der Waals surface area contributed by atoms with Gasteiger partial charge in [-0.25, -0.2) is 4.98 Å². The topological polar surface area (TPSA) is 114 Å². The third-order valence-electron chi connectivity index (χ3n) is 5.41. The van der Waals surface area contributed by atoms with Crippen molar-refractivity contribution in [2.75, 3.05) is 30.0 Å². The number of nitrogens with zero attached hydrogens (tertiary/aromatic N) is 5. The van der Waals surface area contributed by atoms with Gasteiger partial charge in [-0.3, -0.25) is 4.79 Å². The zero-order valence-electron chi connectivity index (χ0n) is 17.1. The smallest absolute Gasteiger partial charge is 0.255 e. The van der Waals surface area contributed by atoms with Gasteiger partial charge < -0.3 is 25.8 Å². The van der Waals surface area contributed by atoms with Crippen LogP contribution in [0.4, 0.5) is 17.3 Å². The lowest BCUT2D eigenvalue weighted by Crippen LogP contribution is -2.38. The van der Waals surface area contributed by atoms with Gasteiger partial charge in [0, 0.05) is 27.2 Å². The molecule has 1 aliphatic rings. The quantitative estimate of drug-likeness (QED) is 0.693. The van der Waals surface area contributed by atoms with Gasteiger partial charge in [0.05, 0.1) is 17.8 Å². The molecule has 0 aromatic carbocycles. The number of nitrogens with one attached hydrogen (secondary N) is 2. The average Bonchev–Trinajstić information content (AvgIpc) is 3.07. The number of carbonyl (C=O) groups is 1. The molecule has 0 radical (unpaired) electrons. The highest BCUT2D eigenvalue weighted by atomic mass is 16.1. The fourth-order valence-electron chi connectivity index (χ4n) is 3.58. The highest BCUT2D eigenvalue weighted by Gasteiger charge is 2.24. The highest BCUT2D eigenvalue weighted by molar-refractivity contribution is 6.00. The third kappa shape index (κ3) is 4.35. The van der Waals surface area contributed by atoms with E-state index in [0.717, 1.165) is 37.4 Å². The molecule has 28 heavy (non-hydrogen) atoms. The first-order valence-corrected chi connectivity index (χ1v) is 9.72. The van der Waals surface area contributed by atoms with Crippen LogP contribution < -0.4 is 21.3 Å². The molecule has 9 heteroatoms. The molecule has 152 valence electrons. The van der Waals surface area contributed by atoms with Gasteiger partial charge in [0.2, 0.25) is 0 Å². The molecule has 1 fully saturated rings. The van der Waals surface area contributed by atoms with Gasteiger partial charge in [-0.15, -0.1) is 10.2 Å². The summed E-state index contributed by atoms with van der Waals surface area (Å²) in [4.78, 5) is 19.5. The van der Waals surface area contributed by atoms with Crippen molar-refractivity contribution < 1.29 is 4.79 Å². The van der Waals surface area contributed by atoms with Crippen LogP contribution in [0.25, 0.3) is 0 Å². The molecule has 2 aromatic heterocycles. The molecule has 0 saturated heterocycles. The van der Waals surface area contributed by atoms with E-state index in [1.54, 1.807) is 19.4 Å². The second-order valence-electron chi connectivity index (χ2n) is 7.69. The van der Waals surface area contributed by atoms with Gasteiger partial charge in [-0.2, -0.15) is 0 Å². The Morgan fingerprint density at radius 3 is 2.68 bits per heavy atom. The van der Waals surface area contributed by atoms with Crippen molar-refractivity contribution in [2.24, 2.45) is 13.0 Å². The van der Waals surface area contributed by atoms with Crippen molar-refractivity contribution in [3.63, 3.8) is 0 Å². The molecule has 0 bridgehead atoms. The van der Waals surface area contributed by atoms with Crippen LogP contribution in [0.1, 0.15) is 48.8 Å². The molecular weight excluding hydrogens is 356 g/mol. The number of pyridine rings is 1. The summed E-state index contributed by atoms with van der Waals surface area (Å²) in [5.41, 5.74) is 7.02. The van der Waals surface area contributed by atoms with Gasteiger partial charge >= 0.3 is 0 Å². The van der Waals surface area contributed by atoms with Gasteiger partial charge in [-0.1, -0.05) is 6.92 Å². The number of aromatic nitrogens is 4. The minimum atomic E-state index is -0.138. The summed E-state index contributed by atoms with van der Waals surface area (Å²) in [5, 5.41) is 14.2. The molecule has 1 aliphatic carbocycles. The standard InChI is InChI=1S/C19H30N8O/c1-12-5-7-13(8-6-12)23-19(28)14-9-15(20)17(21-2)24-18(14)26(3)10-16-25-22-11-27(16)4/h9,11-13H,5-8,10,20H2,1-4H3,(H,21,24)(H,23,28). The zero-order valence-corrected chi connectivity index (χ0v) is 17.1. The Hall–Kier alpha value is -2.84. The van der Waals surface area contributed by atoms with E-state index in [1.807, 2.05) is 23.6 Å². The van der Waals surface area contributed by atoms with Crippen molar-refractivity contribution in [2.45, 2.75) is 45.2 Å². The Kier molecular flexibility index (Phi) is 6.01. The minimum absolute atomic E-state index is 0.138. The fourth-order valence-corrected chi connectivity index (χ4v) is 3.58. The summed E-state index contributed by atoms with van der Waals surface area (Å²) in [5.74, 6) is 2.47. The molecule has 2 aromatic rings. The van der Waals surface area contributed by atoms with Gasteiger partial charge in [0.1, 0.15) is 12.1 Å². The van der Waals surface area contributed by atoms with Crippen molar-refractivity contribution in [3.05, 3.63) is 23.8 Å². The first-order chi connectivity index (χ1) is 13.4. The normalized spacial score (nSPS) is 19.3. The number of aryl methyl sites for hydroxylation is 1. The van der Waals surface area contributed by atoms with Crippen LogP contribution in [-0.2, 0) is 13.6 Å². The molecule has 4 N–H and O–H groups in total. The lowest BCUT2D eigenvalue weighted by atomic mass is 9.87. The summed E-state index contributed by atoms with van der Waals surface area (Å²) in [6.45, 7) is 2.73. The van der Waals surface area contributed by atoms with E-state index < -0.39 is 0 Å². The summed E-state index contributed by atoms with van der Waals surface area (Å²) in [7, 11) is 5.52. The molecule has 3 rings (SSSR count). The van der Waals surface area contributed by atoms with E-state index in [4.69, 9.17) is 5.73 Å². The molecule has 9 nitrogen and oxygen atoms in total. The van der Waals surface area contributed by atoms with Crippen LogP contribution >= 0.6 is 0 Å². The minimum Gasteiger partial charge on any atom is -0.396 e. The maximum Gasteiger partial charge on any atom is 0.255 e. The number of nitrogen functional groups attached to an aromatic ring is 1. The Morgan fingerprint density at radius 2 is 2.07 bits per heavy atom. The Bertz CT molecular complexity index is 825. The molecular formula is C19H30N8O. The molecule has 0 spiro atoms. The van der Waals surface area contributed by atoms with E-state index in [1.165, 1.54) is 0 Å². The monoisotopic (exact) mass is 386 g/mol. The van der Waals surface area contributed by atoms with E-state index in [9.17, 15) is 4.79 Å². The number of carbonyl (C=O) groups excluding carboxylic acids is 1. The maximum atomic E-state index is 13.1. The number of amides is 1. The molecule has 0 unspecified atom stereocenters. The van der Waals surface area contributed by atoms with Crippen LogP contribution in [0.3, 0.4) is 0 Å². The van der Waals surface area contributed by atoms with Gasteiger partial charge in [0.25, 0.3) is 5.91 Å². The Labute approximate surface area is 165 Å². The summed E-state index contributed by atoms with van der Waals surface area (Å²) >= 11 is 0. The molecule has 0 atom stereocenters. The first kappa shape index (κ1) is 19.9. The number of rotatable bonds is 6. The molecule has 1 amide bonds. The van der Waals surface area contributed by atoms with E-state index in [2.05, 4.69) is 32.7 Å². The lowest BCUT2D eigenvalue weighted by Gasteiger charge is -2.28.